The lowest BCUT2D eigenvalue weighted by Crippen LogP contribution is -2.00. The Morgan fingerprint density at radius 2 is 2.43 bits per heavy atom. The summed E-state index contributed by atoms with van der Waals surface area (Å²) in [5.74, 6) is 4.38. The molecule has 0 aromatic carbocycles. The number of aryl methyl sites for hydroxylation is 1. The van der Waals surface area contributed by atoms with E-state index >= 15 is 0 Å². The van der Waals surface area contributed by atoms with Crippen LogP contribution in [0.4, 0.5) is 0 Å². The summed E-state index contributed by atoms with van der Waals surface area (Å²) in [5.41, 5.74) is 0.540. The van der Waals surface area contributed by atoms with E-state index < -0.39 is 5.97 Å². The first kappa shape index (κ1) is 10.7. The van der Waals surface area contributed by atoms with Crippen molar-refractivity contribution < 1.29 is 9.53 Å². The van der Waals surface area contributed by atoms with Gasteiger partial charge in [-0.2, -0.15) is 0 Å². The van der Waals surface area contributed by atoms with Crippen molar-refractivity contribution in [1.82, 2.24) is 15.0 Å². The summed E-state index contributed by atoms with van der Waals surface area (Å²) >= 11 is 3.16. The Balaban J connectivity index is 2.82. The van der Waals surface area contributed by atoms with Gasteiger partial charge in [-0.3, -0.25) is 0 Å². The number of ether oxygens (including phenoxy) is 1. The van der Waals surface area contributed by atoms with Gasteiger partial charge in [-0.25, -0.2) is 9.48 Å². The van der Waals surface area contributed by atoms with Gasteiger partial charge in [-0.1, -0.05) is 5.21 Å². The Morgan fingerprint density at radius 1 is 1.71 bits per heavy atom. The number of nitrogens with zero attached hydrogens (tertiary/aromatic N) is 3. The third kappa shape index (κ3) is 2.57. The normalized spacial score (nSPS) is 9.07. The number of rotatable bonds is 1. The predicted molar refractivity (Wildman–Crippen MR) is 52.2 cm³/mol. The first-order valence-electron chi connectivity index (χ1n) is 3.89. The second-order valence-corrected chi connectivity index (χ2v) is 3.07. The smallest absolute Gasteiger partial charge is 0.384 e. The highest BCUT2D eigenvalue weighted by Crippen LogP contribution is 2.09. The predicted octanol–water partition coefficient (Wildman–Crippen LogP) is 0.492. The summed E-state index contributed by atoms with van der Waals surface area (Å²) in [6, 6.07) is 0. The second-order valence-electron chi connectivity index (χ2n) is 2.32. The number of halogens is 1. The summed E-state index contributed by atoms with van der Waals surface area (Å²) in [4.78, 5) is 10.9. The van der Waals surface area contributed by atoms with Crippen LogP contribution in [0.2, 0.25) is 0 Å². The third-order valence-corrected chi connectivity index (χ3v) is 1.88. The highest BCUT2D eigenvalue weighted by atomic mass is 79.9. The molecule has 1 heterocycles. The fourth-order valence-corrected chi connectivity index (χ4v) is 1.17. The first-order chi connectivity index (χ1) is 6.65. The number of aromatic nitrogens is 3. The Kier molecular flexibility index (Phi) is 3.65. The van der Waals surface area contributed by atoms with Crippen LogP contribution >= 0.6 is 15.9 Å². The molecule has 0 bridgehead atoms. The topological polar surface area (TPSA) is 57.0 Å². The molecule has 0 aliphatic rings. The zero-order valence-corrected chi connectivity index (χ0v) is 9.33. The van der Waals surface area contributed by atoms with E-state index in [2.05, 4.69) is 42.8 Å². The Hall–Kier alpha value is -1.35. The van der Waals surface area contributed by atoms with E-state index in [1.807, 2.05) is 0 Å². The molecule has 6 heteroatoms. The lowest BCUT2D eigenvalue weighted by Gasteiger charge is -1.91. The summed E-state index contributed by atoms with van der Waals surface area (Å²) in [6.45, 7) is 2.04. The highest BCUT2D eigenvalue weighted by molar-refractivity contribution is 9.10. The van der Waals surface area contributed by atoms with E-state index in [9.17, 15) is 4.79 Å². The summed E-state index contributed by atoms with van der Waals surface area (Å²) in [5, 5.41) is 7.42. The molecular formula is C8H8BrN3O2. The van der Waals surface area contributed by atoms with Crippen LogP contribution in [0.5, 0.6) is 0 Å². The van der Waals surface area contributed by atoms with E-state index in [0.29, 0.717) is 16.9 Å². The average molecular weight is 258 g/mol. The summed E-state index contributed by atoms with van der Waals surface area (Å²) in [6.07, 6.45) is 0. The van der Waals surface area contributed by atoms with Gasteiger partial charge in [0.2, 0.25) is 0 Å². The molecule has 1 rings (SSSR count). The van der Waals surface area contributed by atoms with Crippen molar-refractivity contribution in [1.29, 1.82) is 0 Å². The lowest BCUT2D eigenvalue weighted by molar-refractivity contribution is -0.136. The highest BCUT2D eigenvalue weighted by Gasteiger charge is 2.04. The number of carbonyl (C=O) groups excluding carboxylic acids is 1. The van der Waals surface area contributed by atoms with Crippen LogP contribution in [0.25, 0.3) is 0 Å². The minimum absolute atomic E-state index is 0.318. The quantitative estimate of drug-likeness (QED) is 0.543. The SMILES string of the molecule is CCOC(=O)C#Cc1c(Br)nnn1C. The Labute approximate surface area is 89.6 Å². The van der Waals surface area contributed by atoms with E-state index in [4.69, 9.17) is 0 Å². The zero-order valence-electron chi connectivity index (χ0n) is 7.74. The molecule has 0 fully saturated rings. The van der Waals surface area contributed by atoms with Crippen LogP contribution in [0, 0.1) is 11.8 Å². The number of hydrogen-bond acceptors (Lipinski definition) is 4. The van der Waals surface area contributed by atoms with E-state index in [-0.39, 0.29) is 0 Å². The van der Waals surface area contributed by atoms with Crippen LogP contribution in [0.15, 0.2) is 4.60 Å². The van der Waals surface area contributed by atoms with Crippen molar-refractivity contribution in [3.63, 3.8) is 0 Å². The first-order valence-corrected chi connectivity index (χ1v) is 4.68. The van der Waals surface area contributed by atoms with Crippen LogP contribution in [0.3, 0.4) is 0 Å². The number of hydrogen-bond donors (Lipinski definition) is 0. The van der Waals surface area contributed by atoms with Gasteiger partial charge in [-0.15, -0.1) is 5.10 Å². The number of esters is 1. The molecule has 74 valence electrons. The van der Waals surface area contributed by atoms with Gasteiger partial charge in [0, 0.05) is 13.0 Å². The molecule has 0 aliphatic heterocycles. The molecule has 0 saturated heterocycles. The third-order valence-electron chi connectivity index (χ3n) is 1.34. The molecule has 1 aromatic heterocycles. The van der Waals surface area contributed by atoms with Crippen LogP contribution in [-0.4, -0.2) is 27.6 Å². The maximum Gasteiger partial charge on any atom is 0.384 e. The molecule has 0 radical (unpaired) electrons. The molecule has 5 nitrogen and oxygen atoms in total. The molecule has 14 heavy (non-hydrogen) atoms. The van der Waals surface area contributed by atoms with Crippen LogP contribution in [-0.2, 0) is 16.6 Å². The molecule has 0 unspecified atom stereocenters. The molecule has 1 aromatic rings. The van der Waals surface area contributed by atoms with Crippen molar-refractivity contribution in [3.05, 3.63) is 10.3 Å². The Bertz CT molecular complexity index is 383. The zero-order chi connectivity index (χ0) is 10.6. The molecule has 0 aliphatic carbocycles. The van der Waals surface area contributed by atoms with Crippen molar-refractivity contribution in [3.8, 4) is 11.8 Å². The minimum Gasteiger partial charge on any atom is -0.456 e. The van der Waals surface area contributed by atoms with Gasteiger partial charge in [0.15, 0.2) is 4.60 Å². The average Bonchev–Trinajstić information content (AvgIpc) is 2.44. The molecule has 0 spiro atoms. The van der Waals surface area contributed by atoms with Crippen molar-refractivity contribution in [2.45, 2.75) is 6.92 Å². The van der Waals surface area contributed by atoms with E-state index in [0.717, 1.165) is 0 Å². The van der Waals surface area contributed by atoms with Gasteiger partial charge < -0.3 is 4.74 Å². The lowest BCUT2D eigenvalue weighted by atomic mass is 10.4. The molecule has 0 amide bonds. The van der Waals surface area contributed by atoms with Gasteiger partial charge >= 0.3 is 5.97 Å². The standard InChI is InChI=1S/C8H8BrN3O2/c1-3-14-7(13)5-4-6-8(9)10-11-12(6)2/h3H2,1-2H3. The van der Waals surface area contributed by atoms with Gasteiger partial charge in [0.1, 0.15) is 5.69 Å². The van der Waals surface area contributed by atoms with Gasteiger partial charge in [0.25, 0.3) is 0 Å². The Morgan fingerprint density at radius 3 is 2.93 bits per heavy atom. The monoisotopic (exact) mass is 257 g/mol. The van der Waals surface area contributed by atoms with Crippen LogP contribution < -0.4 is 0 Å². The fourth-order valence-electron chi connectivity index (χ4n) is 0.742. The molecular weight excluding hydrogens is 250 g/mol. The van der Waals surface area contributed by atoms with Gasteiger partial charge in [-0.05, 0) is 28.8 Å². The maximum atomic E-state index is 10.9. The summed E-state index contributed by atoms with van der Waals surface area (Å²) in [7, 11) is 1.69. The minimum atomic E-state index is -0.555. The number of carbonyl (C=O) groups is 1. The molecule has 0 N–H and O–H groups in total. The van der Waals surface area contributed by atoms with Crippen molar-refractivity contribution >= 4 is 21.9 Å². The molecule has 0 saturated carbocycles. The van der Waals surface area contributed by atoms with Crippen LogP contribution in [0.1, 0.15) is 12.6 Å². The van der Waals surface area contributed by atoms with Gasteiger partial charge in [0.05, 0.1) is 6.61 Å². The largest absolute Gasteiger partial charge is 0.456 e. The molecule has 0 atom stereocenters. The second kappa shape index (κ2) is 4.77. The van der Waals surface area contributed by atoms with Crippen molar-refractivity contribution in [2.75, 3.05) is 6.61 Å². The van der Waals surface area contributed by atoms with E-state index in [1.165, 1.54) is 4.68 Å². The van der Waals surface area contributed by atoms with E-state index in [1.54, 1.807) is 14.0 Å². The fraction of sp³-hybridized carbons (Fsp3) is 0.375. The van der Waals surface area contributed by atoms with Crippen molar-refractivity contribution in [2.24, 2.45) is 7.05 Å². The maximum absolute atomic E-state index is 10.9. The summed E-state index contributed by atoms with van der Waals surface area (Å²) < 4.78 is 6.62.